The van der Waals surface area contributed by atoms with Gasteiger partial charge in [0, 0.05) is 0 Å². The number of imidazole rings is 1. The summed E-state index contributed by atoms with van der Waals surface area (Å²) in [5.41, 5.74) is 4.77. The van der Waals surface area contributed by atoms with Gasteiger partial charge in [0.25, 0.3) is 5.91 Å². The van der Waals surface area contributed by atoms with Crippen molar-refractivity contribution in [2.75, 3.05) is 5.75 Å². The molecule has 23 heavy (non-hydrogen) atoms. The van der Waals surface area contributed by atoms with Gasteiger partial charge in [0.15, 0.2) is 5.16 Å². The molecule has 0 unspecified atom stereocenters. The Labute approximate surface area is 136 Å². The van der Waals surface area contributed by atoms with Crippen LogP contribution in [0.15, 0.2) is 58.8 Å². The zero-order chi connectivity index (χ0) is 16.1. The highest BCUT2D eigenvalue weighted by Crippen LogP contribution is 2.18. The third-order valence-electron chi connectivity index (χ3n) is 2.96. The highest BCUT2D eigenvalue weighted by Gasteiger charge is 2.06. The Hall–Kier alpha value is -2.67. The molecule has 0 atom stereocenters. The van der Waals surface area contributed by atoms with Gasteiger partial charge in [-0.3, -0.25) is 4.79 Å². The molecule has 3 rings (SSSR count). The Morgan fingerprint density at radius 2 is 2.17 bits per heavy atom. The molecule has 0 bridgehead atoms. The van der Waals surface area contributed by atoms with E-state index in [9.17, 15) is 9.18 Å². The third kappa shape index (κ3) is 4.17. The zero-order valence-corrected chi connectivity index (χ0v) is 12.8. The van der Waals surface area contributed by atoms with E-state index < -0.39 is 0 Å². The fraction of sp³-hybridized carbons (Fsp3) is 0.0625. The van der Waals surface area contributed by atoms with Gasteiger partial charge in [0.05, 0.1) is 23.0 Å². The molecule has 2 aromatic carbocycles. The van der Waals surface area contributed by atoms with Crippen molar-refractivity contribution < 1.29 is 9.18 Å². The Balaban J connectivity index is 1.51. The number of hydrogen-bond acceptors (Lipinski definition) is 4. The molecule has 0 aliphatic carbocycles. The van der Waals surface area contributed by atoms with Gasteiger partial charge in [-0.2, -0.15) is 5.10 Å². The van der Waals surface area contributed by atoms with E-state index >= 15 is 0 Å². The number of nitrogens with zero attached hydrogens (tertiary/aromatic N) is 2. The Kier molecular flexibility index (Phi) is 4.68. The summed E-state index contributed by atoms with van der Waals surface area (Å²) in [6.45, 7) is 0. The average Bonchev–Trinajstić information content (AvgIpc) is 2.96. The van der Waals surface area contributed by atoms with Gasteiger partial charge in [-0.15, -0.1) is 0 Å². The number of aromatic amines is 1. The molecule has 0 spiro atoms. The number of aromatic nitrogens is 2. The molecule has 0 fully saturated rings. The van der Waals surface area contributed by atoms with Crippen molar-refractivity contribution in [1.29, 1.82) is 0 Å². The fourth-order valence-electron chi connectivity index (χ4n) is 1.93. The second-order valence-corrected chi connectivity index (χ2v) is 5.66. The van der Waals surface area contributed by atoms with Gasteiger partial charge in [0.2, 0.25) is 0 Å². The summed E-state index contributed by atoms with van der Waals surface area (Å²) >= 11 is 1.29. The van der Waals surface area contributed by atoms with Crippen LogP contribution in [0.4, 0.5) is 4.39 Å². The van der Waals surface area contributed by atoms with Crippen molar-refractivity contribution in [1.82, 2.24) is 15.4 Å². The minimum atomic E-state index is -0.347. The molecule has 116 valence electrons. The predicted octanol–water partition coefficient (Wildman–Crippen LogP) is 2.94. The van der Waals surface area contributed by atoms with E-state index in [1.54, 1.807) is 12.1 Å². The molecule has 3 aromatic rings. The number of carbonyl (C=O) groups excluding carboxylic acids is 1. The van der Waals surface area contributed by atoms with Gasteiger partial charge in [-0.1, -0.05) is 36.0 Å². The van der Waals surface area contributed by atoms with E-state index in [4.69, 9.17) is 0 Å². The minimum Gasteiger partial charge on any atom is -0.333 e. The summed E-state index contributed by atoms with van der Waals surface area (Å²) in [6, 6.07) is 13.6. The van der Waals surface area contributed by atoms with Crippen LogP contribution in [-0.2, 0) is 4.79 Å². The Morgan fingerprint density at radius 1 is 1.30 bits per heavy atom. The quantitative estimate of drug-likeness (QED) is 0.430. The highest BCUT2D eigenvalue weighted by molar-refractivity contribution is 7.99. The number of benzene rings is 2. The maximum Gasteiger partial charge on any atom is 0.250 e. The maximum absolute atomic E-state index is 13.0. The molecule has 7 heteroatoms. The van der Waals surface area contributed by atoms with Crippen molar-refractivity contribution >= 4 is 34.9 Å². The standard InChI is InChI=1S/C16H13FN4OS/c17-12-5-3-4-11(8-12)9-18-21-15(22)10-23-16-19-13-6-1-2-7-14(13)20-16/h1-9H,10H2,(H,19,20)(H,21,22). The van der Waals surface area contributed by atoms with Crippen LogP contribution in [-0.4, -0.2) is 27.8 Å². The van der Waals surface area contributed by atoms with Crippen LogP contribution >= 0.6 is 11.8 Å². The molecule has 0 aliphatic rings. The van der Waals surface area contributed by atoms with Gasteiger partial charge >= 0.3 is 0 Å². The first-order valence-corrected chi connectivity index (χ1v) is 7.84. The summed E-state index contributed by atoms with van der Waals surface area (Å²) < 4.78 is 13.0. The number of rotatable bonds is 5. The minimum absolute atomic E-state index is 0.181. The van der Waals surface area contributed by atoms with Crippen molar-refractivity contribution in [3.05, 3.63) is 59.9 Å². The van der Waals surface area contributed by atoms with E-state index in [1.807, 2.05) is 24.3 Å². The van der Waals surface area contributed by atoms with Gasteiger partial charge in [-0.25, -0.2) is 14.8 Å². The maximum atomic E-state index is 13.0. The molecule has 0 saturated heterocycles. The number of para-hydroxylation sites is 2. The van der Waals surface area contributed by atoms with Crippen molar-refractivity contribution in [3.8, 4) is 0 Å². The number of thioether (sulfide) groups is 1. The van der Waals surface area contributed by atoms with E-state index in [0.29, 0.717) is 10.7 Å². The van der Waals surface area contributed by atoms with Crippen LogP contribution in [0.2, 0.25) is 0 Å². The van der Waals surface area contributed by atoms with E-state index in [1.165, 1.54) is 30.1 Å². The third-order valence-corrected chi connectivity index (χ3v) is 3.83. The molecule has 5 nitrogen and oxygen atoms in total. The zero-order valence-electron chi connectivity index (χ0n) is 12.0. The number of H-pyrrole nitrogens is 1. The van der Waals surface area contributed by atoms with E-state index in [2.05, 4.69) is 20.5 Å². The lowest BCUT2D eigenvalue weighted by atomic mass is 10.2. The lowest BCUT2D eigenvalue weighted by Gasteiger charge is -1.98. The molecule has 0 saturated carbocycles. The SMILES string of the molecule is O=C(CSc1nc2ccccc2[nH]1)NN=Cc1cccc(F)c1. The second kappa shape index (κ2) is 7.06. The van der Waals surface area contributed by atoms with Gasteiger partial charge in [-0.05, 0) is 29.8 Å². The molecule has 0 radical (unpaired) electrons. The summed E-state index contributed by atoms with van der Waals surface area (Å²) in [6.07, 6.45) is 1.40. The van der Waals surface area contributed by atoms with E-state index in [0.717, 1.165) is 11.0 Å². The van der Waals surface area contributed by atoms with Gasteiger partial charge in [0.1, 0.15) is 5.82 Å². The van der Waals surface area contributed by atoms with Crippen molar-refractivity contribution in [2.45, 2.75) is 5.16 Å². The largest absolute Gasteiger partial charge is 0.333 e. The number of nitrogens with one attached hydrogen (secondary N) is 2. The average molecular weight is 328 g/mol. The van der Waals surface area contributed by atoms with Gasteiger partial charge < -0.3 is 4.98 Å². The Morgan fingerprint density at radius 3 is 3.00 bits per heavy atom. The lowest BCUT2D eigenvalue weighted by molar-refractivity contribution is -0.118. The Bertz CT molecular complexity index is 829. The van der Waals surface area contributed by atoms with E-state index in [-0.39, 0.29) is 17.5 Å². The normalized spacial score (nSPS) is 11.2. The molecular weight excluding hydrogens is 315 g/mol. The van der Waals surface area contributed by atoms with Crippen LogP contribution in [0.5, 0.6) is 0 Å². The molecule has 0 aliphatic heterocycles. The summed E-state index contributed by atoms with van der Waals surface area (Å²) in [5, 5.41) is 4.48. The second-order valence-electron chi connectivity index (χ2n) is 4.70. The van der Waals surface area contributed by atoms with Crippen LogP contribution in [0.1, 0.15) is 5.56 Å². The number of carbonyl (C=O) groups is 1. The summed E-state index contributed by atoms with van der Waals surface area (Å²) in [7, 11) is 0. The molecule has 1 aromatic heterocycles. The number of amides is 1. The van der Waals surface area contributed by atoms with Crippen LogP contribution in [0, 0.1) is 5.82 Å². The fourth-order valence-corrected chi connectivity index (χ4v) is 2.61. The number of hydrazone groups is 1. The monoisotopic (exact) mass is 328 g/mol. The number of fused-ring (bicyclic) bond motifs is 1. The van der Waals surface area contributed by atoms with Crippen LogP contribution in [0.25, 0.3) is 11.0 Å². The van der Waals surface area contributed by atoms with Crippen molar-refractivity contribution in [2.24, 2.45) is 5.10 Å². The van der Waals surface area contributed by atoms with Crippen LogP contribution in [0.3, 0.4) is 0 Å². The number of hydrogen-bond donors (Lipinski definition) is 2. The number of halogens is 1. The molecule has 2 N–H and O–H groups in total. The molecule has 1 heterocycles. The first-order valence-electron chi connectivity index (χ1n) is 6.86. The van der Waals surface area contributed by atoms with Crippen molar-refractivity contribution in [3.63, 3.8) is 0 Å². The predicted molar refractivity (Wildman–Crippen MR) is 89.0 cm³/mol. The molecule has 1 amide bonds. The topological polar surface area (TPSA) is 70.1 Å². The highest BCUT2D eigenvalue weighted by atomic mass is 32.2. The lowest BCUT2D eigenvalue weighted by Crippen LogP contribution is -2.19. The smallest absolute Gasteiger partial charge is 0.250 e. The first kappa shape index (κ1) is 15.2. The summed E-state index contributed by atoms with van der Waals surface area (Å²) in [4.78, 5) is 19.2. The summed E-state index contributed by atoms with van der Waals surface area (Å²) in [5.74, 6) is -0.427. The van der Waals surface area contributed by atoms with Crippen LogP contribution < -0.4 is 5.43 Å². The first-order chi connectivity index (χ1) is 11.2. The molecular formula is C16H13FN4OS.